The predicted octanol–water partition coefficient (Wildman–Crippen LogP) is 2.79. The first-order valence-electron chi connectivity index (χ1n) is 12.0. The van der Waals surface area contributed by atoms with E-state index in [1.807, 2.05) is 47.3 Å². The molecule has 0 radical (unpaired) electrons. The van der Waals surface area contributed by atoms with Crippen molar-refractivity contribution in [2.45, 2.75) is 26.2 Å². The largest absolute Gasteiger partial charge is 0.496 e. The van der Waals surface area contributed by atoms with Gasteiger partial charge in [-0.25, -0.2) is 14.6 Å². The summed E-state index contributed by atoms with van der Waals surface area (Å²) in [6, 6.07) is 15.7. The normalized spacial score (nSPS) is 11.1. The molecule has 0 saturated heterocycles. The van der Waals surface area contributed by atoms with Crippen LogP contribution in [0.15, 0.2) is 67.1 Å². The fourth-order valence-electron chi connectivity index (χ4n) is 4.19. The summed E-state index contributed by atoms with van der Waals surface area (Å²) in [5, 5.41) is 13.3. The molecule has 0 bridgehead atoms. The van der Waals surface area contributed by atoms with Gasteiger partial charge in [-0.05, 0) is 40.8 Å². The lowest BCUT2D eigenvalue weighted by atomic mass is 10.1. The fourth-order valence-corrected chi connectivity index (χ4v) is 4.19. The van der Waals surface area contributed by atoms with Crippen molar-refractivity contribution < 1.29 is 14.3 Å². The molecule has 0 aliphatic heterocycles. The number of hydrogen-bond donors (Lipinski definition) is 2. The third-order valence-corrected chi connectivity index (χ3v) is 6.12. The number of pyridine rings is 1. The Kier molecular flexibility index (Phi) is 7.27. The molecule has 11 nitrogen and oxygen atoms in total. The highest BCUT2D eigenvalue weighted by atomic mass is 16.5. The number of fused-ring (bicyclic) bond motifs is 1. The second-order valence-electron chi connectivity index (χ2n) is 8.73. The topological polar surface area (TPSA) is 135 Å². The monoisotopic (exact) mass is 512 g/mol. The van der Waals surface area contributed by atoms with Crippen molar-refractivity contribution in [3.8, 4) is 5.75 Å². The number of hydrogen-bond acceptors (Lipinski definition) is 8. The number of carbonyl (C=O) groups excluding carboxylic acids is 1. The maximum absolute atomic E-state index is 13.0. The number of benzene rings is 2. The number of carbonyl (C=O) groups is 1. The average Bonchev–Trinajstić information content (AvgIpc) is 3.58. The second-order valence-corrected chi connectivity index (χ2v) is 8.73. The van der Waals surface area contributed by atoms with Gasteiger partial charge in [0.05, 0.1) is 20.2 Å². The van der Waals surface area contributed by atoms with Crippen LogP contribution in [0.4, 0.5) is 5.82 Å². The van der Waals surface area contributed by atoms with Gasteiger partial charge in [0.25, 0.3) is 5.91 Å². The molecule has 5 aromatic rings. The molecule has 3 aromatic heterocycles. The van der Waals surface area contributed by atoms with Gasteiger partial charge < -0.3 is 20.5 Å². The van der Waals surface area contributed by atoms with Crippen LogP contribution in [-0.2, 0) is 31.0 Å². The molecule has 194 valence electrons. The summed E-state index contributed by atoms with van der Waals surface area (Å²) in [6.45, 7) is 1.61. The lowest BCUT2D eigenvalue weighted by Crippen LogP contribution is -2.24. The van der Waals surface area contributed by atoms with Crippen molar-refractivity contribution in [2.24, 2.45) is 0 Å². The molecule has 0 saturated carbocycles. The highest BCUT2D eigenvalue weighted by molar-refractivity contribution is 5.93. The third-order valence-electron chi connectivity index (χ3n) is 6.12. The first kappa shape index (κ1) is 24.9. The zero-order chi connectivity index (χ0) is 26.5. The number of rotatable bonds is 10. The van der Waals surface area contributed by atoms with E-state index in [4.69, 9.17) is 15.2 Å². The van der Waals surface area contributed by atoms with E-state index < -0.39 is 5.91 Å². The van der Waals surface area contributed by atoms with Crippen LogP contribution in [0.2, 0.25) is 0 Å². The number of anilines is 1. The van der Waals surface area contributed by atoms with Gasteiger partial charge in [-0.1, -0.05) is 24.3 Å². The number of methoxy groups -OCH3 is 2. The summed E-state index contributed by atoms with van der Waals surface area (Å²) in [7, 11) is 3.15. The Morgan fingerprint density at radius 1 is 1.05 bits per heavy atom. The number of ether oxygens (including phenoxy) is 2. The molecule has 0 aliphatic carbocycles. The summed E-state index contributed by atoms with van der Waals surface area (Å²) < 4.78 is 14.4. The number of nitrogens with zero attached hydrogens (tertiary/aromatic N) is 6. The van der Waals surface area contributed by atoms with Crippen LogP contribution in [0, 0.1) is 0 Å². The van der Waals surface area contributed by atoms with Crippen molar-refractivity contribution in [3.63, 3.8) is 0 Å². The van der Waals surface area contributed by atoms with Crippen LogP contribution < -0.4 is 15.8 Å². The minimum absolute atomic E-state index is 0.0700. The van der Waals surface area contributed by atoms with Crippen LogP contribution >= 0.6 is 0 Å². The second kappa shape index (κ2) is 11.1. The van der Waals surface area contributed by atoms with Gasteiger partial charge >= 0.3 is 0 Å². The average molecular weight is 513 g/mol. The summed E-state index contributed by atoms with van der Waals surface area (Å²) in [5.74, 6) is 1.26. The van der Waals surface area contributed by atoms with Gasteiger partial charge in [0.15, 0.2) is 5.82 Å². The Bertz CT molecular complexity index is 1550. The number of nitrogen functional groups attached to an aromatic ring is 1. The number of amides is 1. The molecule has 0 unspecified atom stereocenters. The Morgan fingerprint density at radius 2 is 1.84 bits per heavy atom. The van der Waals surface area contributed by atoms with Crippen molar-refractivity contribution >= 4 is 22.5 Å². The molecule has 2 aromatic carbocycles. The van der Waals surface area contributed by atoms with Gasteiger partial charge in [-0.15, -0.1) is 5.10 Å². The van der Waals surface area contributed by atoms with Crippen LogP contribution in [0.3, 0.4) is 0 Å². The molecular weight excluding hydrogens is 484 g/mol. The van der Waals surface area contributed by atoms with E-state index in [0.29, 0.717) is 30.5 Å². The lowest BCUT2D eigenvalue weighted by Gasteiger charge is -2.11. The summed E-state index contributed by atoms with van der Waals surface area (Å²) in [6.07, 6.45) is 5.33. The molecule has 0 fully saturated rings. The summed E-state index contributed by atoms with van der Waals surface area (Å²) in [4.78, 5) is 21.5. The van der Waals surface area contributed by atoms with Crippen LogP contribution in [0.5, 0.6) is 5.75 Å². The first-order valence-corrected chi connectivity index (χ1v) is 12.0. The number of aromatic nitrogens is 6. The van der Waals surface area contributed by atoms with Crippen molar-refractivity contribution in [1.82, 2.24) is 34.8 Å². The van der Waals surface area contributed by atoms with E-state index in [1.165, 1.54) is 0 Å². The Hall–Kier alpha value is -4.77. The van der Waals surface area contributed by atoms with E-state index in [0.717, 1.165) is 27.5 Å². The predicted molar refractivity (Wildman–Crippen MR) is 141 cm³/mol. The highest BCUT2D eigenvalue weighted by Gasteiger charge is 2.18. The minimum atomic E-state index is -0.396. The van der Waals surface area contributed by atoms with Gasteiger partial charge in [-0.3, -0.25) is 9.48 Å². The molecule has 5 rings (SSSR count). The Morgan fingerprint density at radius 3 is 2.55 bits per heavy atom. The van der Waals surface area contributed by atoms with Gasteiger partial charge in [0, 0.05) is 43.2 Å². The van der Waals surface area contributed by atoms with Gasteiger partial charge in [0.2, 0.25) is 5.82 Å². The maximum Gasteiger partial charge on any atom is 0.291 e. The van der Waals surface area contributed by atoms with E-state index in [9.17, 15) is 4.79 Å². The van der Waals surface area contributed by atoms with Gasteiger partial charge in [0.1, 0.15) is 18.2 Å². The SMILES string of the molecule is COCc1nc(C(=O)NCc2cc3ccnc(N)c3cc2OC)nn1Cc1ccc(Cn2cccn2)cc1. The van der Waals surface area contributed by atoms with E-state index in [2.05, 4.69) is 37.6 Å². The van der Waals surface area contributed by atoms with E-state index in [-0.39, 0.29) is 19.0 Å². The molecule has 0 spiro atoms. The Labute approximate surface area is 219 Å². The molecule has 3 N–H and O–H groups in total. The Balaban J connectivity index is 1.29. The zero-order valence-electron chi connectivity index (χ0n) is 21.2. The first-order chi connectivity index (χ1) is 18.5. The molecule has 0 atom stereocenters. The zero-order valence-corrected chi connectivity index (χ0v) is 21.2. The minimum Gasteiger partial charge on any atom is -0.496 e. The molecular formula is C27H28N8O3. The fraction of sp³-hybridized carbons (Fsp3) is 0.222. The van der Waals surface area contributed by atoms with Crippen LogP contribution in [0.25, 0.3) is 10.8 Å². The summed E-state index contributed by atoms with van der Waals surface area (Å²) in [5.41, 5.74) is 8.95. The van der Waals surface area contributed by atoms with Crippen LogP contribution in [-0.4, -0.2) is 49.7 Å². The lowest BCUT2D eigenvalue weighted by molar-refractivity contribution is 0.0940. The van der Waals surface area contributed by atoms with Crippen molar-refractivity contribution in [2.75, 3.05) is 20.0 Å². The van der Waals surface area contributed by atoms with E-state index >= 15 is 0 Å². The highest BCUT2D eigenvalue weighted by Crippen LogP contribution is 2.28. The number of nitrogens with one attached hydrogen (secondary N) is 1. The van der Waals surface area contributed by atoms with E-state index in [1.54, 1.807) is 31.3 Å². The molecule has 0 aliphatic rings. The summed E-state index contributed by atoms with van der Waals surface area (Å²) >= 11 is 0. The van der Waals surface area contributed by atoms with Crippen molar-refractivity contribution in [1.29, 1.82) is 0 Å². The van der Waals surface area contributed by atoms with Crippen LogP contribution in [0.1, 0.15) is 33.1 Å². The van der Waals surface area contributed by atoms with Crippen molar-refractivity contribution in [3.05, 3.63) is 95.5 Å². The number of nitrogens with two attached hydrogens (primary N) is 1. The maximum atomic E-state index is 13.0. The quantitative estimate of drug-likeness (QED) is 0.292. The molecule has 11 heteroatoms. The molecule has 1 amide bonds. The standard InChI is InChI=1S/C27H28N8O3/c1-37-17-24-32-26(33-35(24)16-19-6-4-18(5-7-19)15-34-11-3-9-31-34)27(36)30-14-21-12-20-8-10-29-25(28)22(20)13-23(21)38-2/h3-13H,14-17H2,1-2H3,(H2,28,29)(H,30,36). The smallest absolute Gasteiger partial charge is 0.291 e. The molecule has 3 heterocycles. The molecule has 38 heavy (non-hydrogen) atoms. The third kappa shape index (κ3) is 5.47. The van der Waals surface area contributed by atoms with Gasteiger partial charge in [-0.2, -0.15) is 5.10 Å².